The molecular formula is C15H20F3N3O2. The summed E-state index contributed by atoms with van der Waals surface area (Å²) in [5, 5.41) is 5.08. The van der Waals surface area contributed by atoms with Gasteiger partial charge in [0.25, 0.3) is 0 Å². The summed E-state index contributed by atoms with van der Waals surface area (Å²) < 4.78 is 39.3. The predicted octanol–water partition coefficient (Wildman–Crippen LogP) is 1.89. The Labute approximate surface area is 132 Å². The highest BCUT2D eigenvalue weighted by Gasteiger charge is 2.18. The second-order valence-corrected chi connectivity index (χ2v) is 6.12. The minimum atomic E-state index is -1.61. The highest BCUT2D eigenvalue weighted by molar-refractivity contribution is 5.86. The predicted molar refractivity (Wildman–Crippen MR) is 80.3 cm³/mol. The number of hydrogen-bond acceptors (Lipinski definition) is 3. The fourth-order valence-corrected chi connectivity index (χ4v) is 1.73. The molecule has 8 heteroatoms. The third-order valence-corrected chi connectivity index (χ3v) is 2.79. The van der Waals surface area contributed by atoms with Gasteiger partial charge >= 0.3 is 0 Å². The first-order chi connectivity index (χ1) is 10.5. The van der Waals surface area contributed by atoms with Crippen LogP contribution in [0.25, 0.3) is 0 Å². The van der Waals surface area contributed by atoms with Crippen LogP contribution in [0.5, 0.6) is 0 Å². The van der Waals surface area contributed by atoms with Crippen LogP contribution in [0.15, 0.2) is 12.1 Å². The Bertz CT molecular complexity index is 600. The van der Waals surface area contributed by atoms with Gasteiger partial charge in [-0.2, -0.15) is 0 Å². The van der Waals surface area contributed by atoms with Crippen molar-refractivity contribution in [2.45, 2.75) is 26.3 Å². The molecule has 0 saturated heterocycles. The lowest BCUT2D eigenvalue weighted by molar-refractivity contribution is -0.133. The number of anilines is 1. The van der Waals surface area contributed by atoms with E-state index in [0.29, 0.717) is 0 Å². The number of nitrogens with one attached hydrogen (secondary N) is 2. The Hall–Kier alpha value is -2.25. The van der Waals surface area contributed by atoms with Crippen molar-refractivity contribution in [3.63, 3.8) is 0 Å². The highest BCUT2D eigenvalue weighted by Crippen LogP contribution is 2.19. The fourth-order valence-electron chi connectivity index (χ4n) is 1.73. The average molecular weight is 331 g/mol. The lowest BCUT2D eigenvalue weighted by Gasteiger charge is -2.23. The molecule has 0 saturated carbocycles. The van der Waals surface area contributed by atoms with Crippen LogP contribution in [-0.4, -0.2) is 42.4 Å². The van der Waals surface area contributed by atoms with Crippen molar-refractivity contribution in [1.82, 2.24) is 10.2 Å². The molecular weight excluding hydrogens is 311 g/mol. The molecule has 5 nitrogen and oxygen atoms in total. The molecule has 0 aromatic heterocycles. The first kappa shape index (κ1) is 18.8. The van der Waals surface area contributed by atoms with E-state index in [1.165, 1.54) is 7.05 Å². The van der Waals surface area contributed by atoms with Gasteiger partial charge in [-0.05, 0) is 32.9 Å². The topological polar surface area (TPSA) is 61.4 Å². The number of carbonyl (C=O) groups is 2. The number of hydrogen-bond donors (Lipinski definition) is 2. The Balaban J connectivity index is 2.57. The van der Waals surface area contributed by atoms with E-state index in [1.54, 1.807) is 20.8 Å². The van der Waals surface area contributed by atoms with E-state index in [2.05, 4.69) is 10.6 Å². The van der Waals surface area contributed by atoms with Crippen molar-refractivity contribution in [3.8, 4) is 0 Å². The number of amides is 2. The zero-order valence-corrected chi connectivity index (χ0v) is 13.5. The first-order valence-corrected chi connectivity index (χ1v) is 6.93. The molecule has 128 valence electrons. The second-order valence-electron chi connectivity index (χ2n) is 6.12. The molecule has 0 unspecified atom stereocenters. The molecule has 0 spiro atoms. The summed E-state index contributed by atoms with van der Waals surface area (Å²) in [6.07, 6.45) is 0. The Kier molecular flexibility index (Phi) is 6.00. The Morgan fingerprint density at radius 1 is 1.13 bits per heavy atom. The molecule has 0 fully saturated rings. The minimum absolute atomic E-state index is 0.169. The van der Waals surface area contributed by atoms with Crippen LogP contribution in [-0.2, 0) is 9.59 Å². The van der Waals surface area contributed by atoms with Crippen molar-refractivity contribution < 1.29 is 22.8 Å². The van der Waals surface area contributed by atoms with Gasteiger partial charge in [-0.3, -0.25) is 9.59 Å². The van der Waals surface area contributed by atoms with E-state index in [0.717, 1.165) is 17.0 Å². The fraction of sp³-hybridized carbons (Fsp3) is 0.467. The standard InChI is InChI=1S/C15H20F3N3O2/c1-15(2,3)20-11(22)8-21(4)12(23)7-19-10-6-5-9(16)13(17)14(10)18/h5-6,19H,7-8H2,1-4H3,(H,20,22). The van der Waals surface area contributed by atoms with E-state index in [9.17, 15) is 22.8 Å². The summed E-state index contributed by atoms with van der Waals surface area (Å²) >= 11 is 0. The number of nitrogens with zero attached hydrogens (tertiary/aromatic N) is 1. The summed E-state index contributed by atoms with van der Waals surface area (Å²) in [7, 11) is 1.41. The SMILES string of the molecule is CN(CC(=O)NC(C)(C)C)C(=O)CNc1ccc(F)c(F)c1F. The van der Waals surface area contributed by atoms with Crippen LogP contribution in [0.4, 0.5) is 18.9 Å². The van der Waals surface area contributed by atoms with Crippen LogP contribution in [0, 0.1) is 17.5 Å². The van der Waals surface area contributed by atoms with Gasteiger partial charge in [-0.25, -0.2) is 13.2 Å². The number of likely N-dealkylation sites (N-methyl/N-ethyl adjacent to an activating group) is 1. The summed E-state index contributed by atoms with van der Waals surface area (Å²) in [6, 6.07) is 1.75. The third kappa shape index (κ3) is 5.80. The van der Waals surface area contributed by atoms with Crippen LogP contribution in [0.2, 0.25) is 0 Å². The minimum Gasteiger partial charge on any atom is -0.374 e. The van der Waals surface area contributed by atoms with E-state index >= 15 is 0 Å². The number of rotatable bonds is 5. The molecule has 1 aromatic carbocycles. The van der Waals surface area contributed by atoms with Crippen LogP contribution in [0.3, 0.4) is 0 Å². The monoisotopic (exact) mass is 331 g/mol. The molecule has 23 heavy (non-hydrogen) atoms. The van der Waals surface area contributed by atoms with Gasteiger partial charge in [0.05, 0.1) is 18.8 Å². The van der Waals surface area contributed by atoms with Crippen molar-refractivity contribution >= 4 is 17.5 Å². The van der Waals surface area contributed by atoms with Crippen molar-refractivity contribution in [2.75, 3.05) is 25.5 Å². The van der Waals surface area contributed by atoms with E-state index < -0.39 is 28.9 Å². The van der Waals surface area contributed by atoms with Gasteiger partial charge < -0.3 is 15.5 Å². The van der Waals surface area contributed by atoms with Crippen LogP contribution >= 0.6 is 0 Å². The quantitative estimate of drug-likeness (QED) is 0.810. The summed E-state index contributed by atoms with van der Waals surface area (Å²) in [6.45, 7) is 4.89. The molecule has 0 aliphatic carbocycles. The molecule has 0 aliphatic heterocycles. The van der Waals surface area contributed by atoms with Crippen LogP contribution < -0.4 is 10.6 Å². The first-order valence-electron chi connectivity index (χ1n) is 6.93. The number of carbonyl (C=O) groups excluding carboxylic acids is 2. The molecule has 0 atom stereocenters. The van der Waals surface area contributed by atoms with E-state index in [1.807, 2.05) is 0 Å². The molecule has 2 amide bonds. The maximum Gasteiger partial charge on any atom is 0.242 e. The maximum atomic E-state index is 13.4. The lowest BCUT2D eigenvalue weighted by atomic mass is 10.1. The zero-order chi connectivity index (χ0) is 17.8. The summed E-state index contributed by atoms with van der Waals surface area (Å²) in [5.74, 6) is -5.16. The molecule has 0 heterocycles. The smallest absolute Gasteiger partial charge is 0.242 e. The average Bonchev–Trinajstić information content (AvgIpc) is 2.41. The van der Waals surface area contributed by atoms with Gasteiger partial charge in [-0.15, -0.1) is 0 Å². The normalized spacial score (nSPS) is 11.1. The molecule has 1 rings (SSSR count). The van der Waals surface area contributed by atoms with Crippen LogP contribution in [0.1, 0.15) is 20.8 Å². The number of benzene rings is 1. The maximum absolute atomic E-state index is 13.4. The van der Waals surface area contributed by atoms with Gasteiger partial charge in [0.15, 0.2) is 17.5 Å². The largest absolute Gasteiger partial charge is 0.374 e. The second kappa shape index (κ2) is 7.34. The third-order valence-electron chi connectivity index (χ3n) is 2.79. The van der Waals surface area contributed by atoms with Gasteiger partial charge in [0.1, 0.15) is 0 Å². The summed E-state index contributed by atoms with van der Waals surface area (Å²) in [4.78, 5) is 24.7. The molecule has 2 N–H and O–H groups in total. The highest BCUT2D eigenvalue weighted by atomic mass is 19.2. The van der Waals surface area contributed by atoms with E-state index in [4.69, 9.17) is 0 Å². The summed E-state index contributed by atoms with van der Waals surface area (Å²) in [5.41, 5.74) is -0.752. The van der Waals surface area contributed by atoms with Gasteiger partial charge in [0, 0.05) is 12.6 Å². The van der Waals surface area contributed by atoms with E-state index in [-0.39, 0.29) is 24.7 Å². The Morgan fingerprint density at radius 3 is 2.30 bits per heavy atom. The van der Waals surface area contributed by atoms with Crippen molar-refractivity contribution in [3.05, 3.63) is 29.6 Å². The van der Waals surface area contributed by atoms with Crippen molar-refractivity contribution in [1.29, 1.82) is 0 Å². The van der Waals surface area contributed by atoms with Crippen molar-refractivity contribution in [2.24, 2.45) is 0 Å². The zero-order valence-electron chi connectivity index (χ0n) is 13.5. The van der Waals surface area contributed by atoms with Gasteiger partial charge in [0.2, 0.25) is 11.8 Å². The lowest BCUT2D eigenvalue weighted by Crippen LogP contribution is -2.47. The van der Waals surface area contributed by atoms with Gasteiger partial charge in [-0.1, -0.05) is 0 Å². The number of halogens is 3. The molecule has 0 radical (unpaired) electrons. The Morgan fingerprint density at radius 2 is 1.74 bits per heavy atom. The molecule has 1 aromatic rings. The molecule has 0 aliphatic rings. The molecule has 0 bridgehead atoms.